The highest BCUT2D eigenvalue weighted by Crippen LogP contribution is 2.21. The van der Waals surface area contributed by atoms with Crippen LogP contribution in [0.1, 0.15) is 18.1 Å². The van der Waals surface area contributed by atoms with Gasteiger partial charge in [-0.25, -0.2) is 8.42 Å². The minimum absolute atomic E-state index is 0.0943. The molecule has 0 radical (unpaired) electrons. The normalized spacial score (nSPS) is 11.9. The molecule has 3 aromatic carbocycles. The van der Waals surface area contributed by atoms with Gasteiger partial charge in [0.25, 0.3) is 0 Å². The highest BCUT2D eigenvalue weighted by atomic mass is 32.2. The standard InChI is InChI=1S/C28H33N3O5S/c1-4-29-28(33)26(19-22-12-7-5-8-13-22)30(20-23-14-11-17-25(18-23)36-2)27(32)21-31(37(3,34)35)24-15-9-6-10-16-24/h5-18,26H,4,19-21H2,1-3H3,(H,29,33). The molecule has 1 unspecified atom stereocenters. The smallest absolute Gasteiger partial charge is 0.244 e. The maximum absolute atomic E-state index is 13.9. The first-order valence-corrected chi connectivity index (χ1v) is 13.8. The molecule has 0 bridgehead atoms. The van der Waals surface area contributed by atoms with Gasteiger partial charge in [-0.05, 0) is 42.3 Å². The first-order valence-electron chi connectivity index (χ1n) is 12.0. The lowest BCUT2D eigenvalue weighted by Crippen LogP contribution is -2.53. The van der Waals surface area contributed by atoms with Gasteiger partial charge in [0.15, 0.2) is 0 Å². The van der Waals surface area contributed by atoms with Crippen LogP contribution in [0, 0.1) is 0 Å². The fourth-order valence-electron chi connectivity index (χ4n) is 4.02. The van der Waals surface area contributed by atoms with Gasteiger partial charge in [0.05, 0.1) is 19.1 Å². The number of carbonyl (C=O) groups is 2. The van der Waals surface area contributed by atoms with Crippen LogP contribution in [0.5, 0.6) is 5.75 Å². The lowest BCUT2D eigenvalue weighted by Gasteiger charge is -2.33. The van der Waals surface area contributed by atoms with E-state index in [0.29, 0.717) is 18.0 Å². The third kappa shape index (κ3) is 7.82. The molecule has 0 aliphatic carbocycles. The Labute approximate surface area is 218 Å². The minimum Gasteiger partial charge on any atom is -0.497 e. The number of anilines is 1. The fourth-order valence-corrected chi connectivity index (χ4v) is 4.87. The van der Waals surface area contributed by atoms with Crippen LogP contribution in [0.15, 0.2) is 84.9 Å². The van der Waals surface area contributed by atoms with E-state index in [0.717, 1.165) is 21.7 Å². The van der Waals surface area contributed by atoms with Crippen LogP contribution in [-0.4, -0.2) is 57.6 Å². The lowest BCUT2D eigenvalue weighted by molar-refractivity contribution is -0.140. The van der Waals surface area contributed by atoms with Crippen LogP contribution in [0.25, 0.3) is 0 Å². The highest BCUT2D eigenvalue weighted by molar-refractivity contribution is 7.92. The average Bonchev–Trinajstić information content (AvgIpc) is 2.89. The lowest BCUT2D eigenvalue weighted by atomic mass is 10.0. The molecule has 8 nitrogen and oxygen atoms in total. The SMILES string of the molecule is CCNC(=O)C(Cc1ccccc1)N(Cc1cccc(OC)c1)C(=O)CN(c1ccccc1)S(C)(=O)=O. The number of carbonyl (C=O) groups excluding carboxylic acids is 2. The Hall–Kier alpha value is -3.85. The molecule has 0 aromatic heterocycles. The van der Waals surface area contributed by atoms with Crippen molar-refractivity contribution in [3.63, 3.8) is 0 Å². The summed E-state index contributed by atoms with van der Waals surface area (Å²) in [5.41, 5.74) is 2.00. The Morgan fingerprint density at radius 1 is 0.919 bits per heavy atom. The molecule has 196 valence electrons. The predicted octanol–water partition coefficient (Wildman–Crippen LogP) is 3.24. The molecule has 0 fully saturated rings. The van der Waals surface area contributed by atoms with E-state index in [1.54, 1.807) is 49.6 Å². The van der Waals surface area contributed by atoms with Gasteiger partial charge in [-0.15, -0.1) is 0 Å². The fraction of sp³-hybridized carbons (Fsp3) is 0.286. The number of amides is 2. The third-order valence-electron chi connectivity index (χ3n) is 5.83. The van der Waals surface area contributed by atoms with Crippen LogP contribution in [0.3, 0.4) is 0 Å². The topological polar surface area (TPSA) is 96.0 Å². The van der Waals surface area contributed by atoms with E-state index in [-0.39, 0.29) is 18.9 Å². The first kappa shape index (κ1) is 27.7. The van der Waals surface area contributed by atoms with Crippen LogP contribution < -0.4 is 14.4 Å². The molecule has 1 atom stereocenters. The number of para-hydroxylation sites is 1. The zero-order valence-corrected chi connectivity index (χ0v) is 22.1. The molecular weight excluding hydrogens is 490 g/mol. The van der Waals surface area contributed by atoms with Gasteiger partial charge >= 0.3 is 0 Å². The van der Waals surface area contributed by atoms with Gasteiger partial charge < -0.3 is 15.0 Å². The van der Waals surface area contributed by atoms with Crippen molar-refractivity contribution in [3.05, 3.63) is 96.1 Å². The average molecular weight is 524 g/mol. The van der Waals surface area contributed by atoms with Crippen molar-refractivity contribution >= 4 is 27.5 Å². The number of hydrogen-bond donors (Lipinski definition) is 1. The summed E-state index contributed by atoms with van der Waals surface area (Å²) in [7, 11) is -2.23. The predicted molar refractivity (Wildman–Crippen MR) is 145 cm³/mol. The zero-order chi connectivity index (χ0) is 26.8. The Bertz CT molecular complexity index is 1280. The summed E-state index contributed by atoms with van der Waals surface area (Å²) in [6.07, 6.45) is 1.33. The maximum atomic E-state index is 13.9. The van der Waals surface area contributed by atoms with E-state index in [9.17, 15) is 18.0 Å². The summed E-state index contributed by atoms with van der Waals surface area (Å²) in [5, 5.41) is 2.84. The monoisotopic (exact) mass is 523 g/mol. The molecule has 0 saturated carbocycles. The highest BCUT2D eigenvalue weighted by Gasteiger charge is 2.32. The summed E-state index contributed by atoms with van der Waals surface area (Å²) in [6, 6.07) is 24.2. The van der Waals surface area contributed by atoms with E-state index in [4.69, 9.17) is 4.74 Å². The minimum atomic E-state index is -3.78. The van der Waals surface area contributed by atoms with Gasteiger partial charge in [0.2, 0.25) is 21.8 Å². The summed E-state index contributed by atoms with van der Waals surface area (Å²) < 4.78 is 31.8. The van der Waals surface area contributed by atoms with E-state index in [1.807, 2.05) is 49.4 Å². The summed E-state index contributed by atoms with van der Waals surface area (Å²) in [6.45, 7) is 1.85. The van der Waals surface area contributed by atoms with Gasteiger partial charge in [-0.1, -0.05) is 60.7 Å². The molecule has 1 N–H and O–H groups in total. The number of ether oxygens (including phenoxy) is 1. The summed E-state index contributed by atoms with van der Waals surface area (Å²) in [4.78, 5) is 28.6. The largest absolute Gasteiger partial charge is 0.497 e. The number of benzene rings is 3. The van der Waals surface area contributed by atoms with Gasteiger partial charge in [-0.3, -0.25) is 13.9 Å². The molecule has 2 amide bonds. The Balaban J connectivity index is 2.03. The molecule has 0 aliphatic rings. The van der Waals surface area contributed by atoms with Crippen molar-refractivity contribution in [2.45, 2.75) is 25.9 Å². The molecule has 3 aromatic rings. The summed E-state index contributed by atoms with van der Waals surface area (Å²) in [5.74, 6) is -0.193. The molecule has 0 heterocycles. The second-order valence-corrected chi connectivity index (χ2v) is 10.5. The van der Waals surface area contributed by atoms with Crippen LogP contribution in [-0.2, 0) is 32.6 Å². The quantitative estimate of drug-likeness (QED) is 0.393. The van der Waals surface area contributed by atoms with E-state index >= 15 is 0 Å². The molecule has 9 heteroatoms. The Kier molecular flexibility index (Phi) is 9.68. The zero-order valence-electron chi connectivity index (χ0n) is 21.3. The van der Waals surface area contributed by atoms with Crippen LogP contribution in [0.2, 0.25) is 0 Å². The van der Waals surface area contributed by atoms with Gasteiger partial charge in [0, 0.05) is 19.5 Å². The summed E-state index contributed by atoms with van der Waals surface area (Å²) >= 11 is 0. The van der Waals surface area contributed by atoms with Crippen molar-refractivity contribution < 1.29 is 22.7 Å². The number of nitrogens with zero attached hydrogens (tertiary/aromatic N) is 2. The van der Waals surface area contributed by atoms with E-state index in [2.05, 4.69) is 5.32 Å². The number of nitrogens with one attached hydrogen (secondary N) is 1. The van der Waals surface area contributed by atoms with E-state index < -0.39 is 28.5 Å². The Morgan fingerprint density at radius 3 is 2.14 bits per heavy atom. The third-order valence-corrected chi connectivity index (χ3v) is 6.97. The number of hydrogen-bond acceptors (Lipinski definition) is 5. The number of sulfonamides is 1. The van der Waals surface area contributed by atoms with Crippen molar-refractivity contribution in [1.82, 2.24) is 10.2 Å². The van der Waals surface area contributed by atoms with Gasteiger partial charge in [-0.2, -0.15) is 0 Å². The van der Waals surface area contributed by atoms with Crippen molar-refractivity contribution in [3.8, 4) is 5.75 Å². The number of likely N-dealkylation sites (N-methyl/N-ethyl adjacent to an activating group) is 1. The Morgan fingerprint density at radius 2 is 1.54 bits per heavy atom. The molecule has 0 saturated heterocycles. The van der Waals surface area contributed by atoms with Crippen LogP contribution in [0.4, 0.5) is 5.69 Å². The second kappa shape index (κ2) is 12.9. The molecule has 3 rings (SSSR count). The molecule has 37 heavy (non-hydrogen) atoms. The first-order chi connectivity index (χ1) is 17.7. The molecule has 0 aliphatic heterocycles. The maximum Gasteiger partial charge on any atom is 0.244 e. The molecular formula is C28H33N3O5S. The van der Waals surface area contributed by atoms with Crippen LogP contribution >= 0.6 is 0 Å². The van der Waals surface area contributed by atoms with Gasteiger partial charge in [0.1, 0.15) is 18.3 Å². The van der Waals surface area contributed by atoms with Crippen molar-refractivity contribution in [2.75, 3.05) is 30.8 Å². The second-order valence-electron chi connectivity index (χ2n) is 8.58. The number of methoxy groups -OCH3 is 1. The van der Waals surface area contributed by atoms with Crippen molar-refractivity contribution in [2.24, 2.45) is 0 Å². The molecule has 0 spiro atoms. The van der Waals surface area contributed by atoms with E-state index in [1.165, 1.54) is 4.90 Å². The number of rotatable bonds is 12. The van der Waals surface area contributed by atoms with Crippen molar-refractivity contribution in [1.29, 1.82) is 0 Å².